The zero-order valence-electron chi connectivity index (χ0n) is 13.3. The highest BCUT2D eigenvalue weighted by Gasteiger charge is 2.34. The molecule has 0 aromatic rings. The van der Waals surface area contributed by atoms with Crippen molar-refractivity contribution in [3.63, 3.8) is 0 Å². The van der Waals surface area contributed by atoms with Crippen LogP contribution >= 0.6 is 0 Å². The first kappa shape index (κ1) is 16.0. The minimum atomic E-state index is -0.406. The number of hydrogen-bond donors (Lipinski definition) is 2. The SMILES string of the molecule is CC(C)(C)N1CCNC(C(=O)N2CCN(C(N)=O)CC2)C1. The van der Waals surface area contributed by atoms with E-state index in [9.17, 15) is 9.59 Å². The van der Waals surface area contributed by atoms with Crippen molar-refractivity contribution in [3.05, 3.63) is 0 Å². The lowest BCUT2D eigenvalue weighted by atomic mass is 10.0. The van der Waals surface area contributed by atoms with Crippen LogP contribution in [0.2, 0.25) is 0 Å². The van der Waals surface area contributed by atoms with Gasteiger partial charge in [0.2, 0.25) is 5.91 Å². The molecule has 0 aromatic heterocycles. The van der Waals surface area contributed by atoms with E-state index < -0.39 is 6.03 Å². The maximum Gasteiger partial charge on any atom is 0.314 e. The fourth-order valence-electron chi connectivity index (χ4n) is 2.89. The number of nitrogens with two attached hydrogens (primary N) is 1. The zero-order chi connectivity index (χ0) is 15.6. The highest BCUT2D eigenvalue weighted by molar-refractivity contribution is 5.82. The summed E-state index contributed by atoms with van der Waals surface area (Å²) in [6.45, 7) is 11.2. The number of carbonyl (C=O) groups is 2. The van der Waals surface area contributed by atoms with Crippen LogP contribution in [0.5, 0.6) is 0 Å². The second-order valence-electron chi connectivity index (χ2n) is 6.77. The number of amides is 3. The third-order valence-electron chi connectivity index (χ3n) is 4.33. The van der Waals surface area contributed by atoms with Crippen molar-refractivity contribution in [2.75, 3.05) is 45.8 Å². The van der Waals surface area contributed by atoms with E-state index in [4.69, 9.17) is 5.73 Å². The highest BCUT2D eigenvalue weighted by atomic mass is 16.2. The van der Waals surface area contributed by atoms with Gasteiger partial charge in [-0.1, -0.05) is 0 Å². The molecule has 0 radical (unpaired) electrons. The summed E-state index contributed by atoms with van der Waals surface area (Å²) in [7, 11) is 0. The molecule has 21 heavy (non-hydrogen) atoms. The van der Waals surface area contributed by atoms with E-state index in [1.54, 1.807) is 4.90 Å². The molecule has 2 saturated heterocycles. The molecule has 7 heteroatoms. The number of hydrogen-bond acceptors (Lipinski definition) is 4. The average molecular weight is 297 g/mol. The molecule has 2 aliphatic rings. The van der Waals surface area contributed by atoms with Gasteiger partial charge >= 0.3 is 6.03 Å². The van der Waals surface area contributed by atoms with Crippen LogP contribution in [-0.4, -0.2) is 84.0 Å². The average Bonchev–Trinajstić information content (AvgIpc) is 2.46. The summed E-state index contributed by atoms with van der Waals surface area (Å²) in [5.74, 6) is 0.132. The fourth-order valence-corrected chi connectivity index (χ4v) is 2.89. The summed E-state index contributed by atoms with van der Waals surface area (Å²) >= 11 is 0. The Balaban J connectivity index is 1.90. The van der Waals surface area contributed by atoms with Crippen LogP contribution in [-0.2, 0) is 4.79 Å². The maximum absolute atomic E-state index is 12.6. The molecule has 0 aromatic carbocycles. The lowest BCUT2D eigenvalue weighted by molar-refractivity contribution is -0.136. The van der Waals surface area contributed by atoms with Crippen molar-refractivity contribution in [1.29, 1.82) is 0 Å². The molecule has 0 spiro atoms. The molecular weight excluding hydrogens is 270 g/mol. The number of primary amides is 1. The van der Waals surface area contributed by atoms with Gasteiger partial charge in [0.25, 0.3) is 0 Å². The summed E-state index contributed by atoms with van der Waals surface area (Å²) < 4.78 is 0. The van der Waals surface area contributed by atoms with Crippen LogP contribution in [0.4, 0.5) is 4.79 Å². The van der Waals surface area contributed by atoms with E-state index in [-0.39, 0.29) is 17.5 Å². The second-order valence-corrected chi connectivity index (χ2v) is 6.77. The van der Waals surface area contributed by atoms with Crippen molar-refractivity contribution >= 4 is 11.9 Å². The molecule has 120 valence electrons. The minimum absolute atomic E-state index is 0.0747. The summed E-state index contributed by atoms with van der Waals surface area (Å²) in [6.07, 6.45) is 0. The van der Waals surface area contributed by atoms with E-state index in [0.717, 1.165) is 19.6 Å². The Bertz CT molecular complexity index is 399. The van der Waals surface area contributed by atoms with Crippen molar-refractivity contribution in [2.24, 2.45) is 5.73 Å². The maximum atomic E-state index is 12.6. The fraction of sp³-hybridized carbons (Fsp3) is 0.857. The smallest absolute Gasteiger partial charge is 0.314 e. The zero-order valence-corrected chi connectivity index (χ0v) is 13.3. The Hall–Kier alpha value is -1.34. The number of nitrogens with one attached hydrogen (secondary N) is 1. The van der Waals surface area contributed by atoms with Crippen LogP contribution in [0.25, 0.3) is 0 Å². The molecule has 2 rings (SSSR count). The topological polar surface area (TPSA) is 81.9 Å². The van der Waals surface area contributed by atoms with Gasteiger partial charge in [-0.3, -0.25) is 9.69 Å². The molecule has 7 nitrogen and oxygen atoms in total. The first-order valence-electron chi connectivity index (χ1n) is 7.60. The Kier molecular flexibility index (Phi) is 4.73. The van der Waals surface area contributed by atoms with Crippen LogP contribution in [0, 0.1) is 0 Å². The van der Waals surface area contributed by atoms with Gasteiger partial charge in [-0.25, -0.2) is 4.79 Å². The minimum Gasteiger partial charge on any atom is -0.351 e. The van der Waals surface area contributed by atoms with Gasteiger partial charge in [0.05, 0.1) is 6.04 Å². The van der Waals surface area contributed by atoms with Crippen LogP contribution in [0.1, 0.15) is 20.8 Å². The standard InChI is InChI=1S/C14H27N5O2/c1-14(2,3)19-5-4-16-11(10-19)12(20)17-6-8-18(9-7-17)13(15)21/h11,16H,4-10H2,1-3H3,(H2,15,21). The normalized spacial score (nSPS) is 25.0. The van der Waals surface area contributed by atoms with Crippen molar-refractivity contribution in [3.8, 4) is 0 Å². The van der Waals surface area contributed by atoms with Crippen molar-refractivity contribution in [2.45, 2.75) is 32.4 Å². The van der Waals surface area contributed by atoms with Gasteiger partial charge in [0.1, 0.15) is 0 Å². The third kappa shape index (κ3) is 3.85. The van der Waals surface area contributed by atoms with Gasteiger partial charge in [0.15, 0.2) is 0 Å². The monoisotopic (exact) mass is 297 g/mol. The molecule has 0 saturated carbocycles. The first-order chi connectivity index (χ1) is 9.79. The number of rotatable bonds is 1. The number of nitrogens with zero attached hydrogens (tertiary/aromatic N) is 3. The van der Waals surface area contributed by atoms with E-state index in [1.165, 1.54) is 0 Å². The van der Waals surface area contributed by atoms with Gasteiger partial charge < -0.3 is 20.9 Å². The van der Waals surface area contributed by atoms with E-state index in [0.29, 0.717) is 26.2 Å². The van der Waals surface area contributed by atoms with Crippen molar-refractivity contribution in [1.82, 2.24) is 20.0 Å². The Morgan fingerprint density at radius 1 is 1.05 bits per heavy atom. The second kappa shape index (κ2) is 6.19. The molecule has 3 amide bonds. The lowest BCUT2D eigenvalue weighted by Gasteiger charge is -2.43. The van der Waals surface area contributed by atoms with Crippen LogP contribution < -0.4 is 11.1 Å². The van der Waals surface area contributed by atoms with E-state index >= 15 is 0 Å². The molecular formula is C14H27N5O2. The quantitative estimate of drug-likeness (QED) is 0.669. The summed E-state index contributed by atoms with van der Waals surface area (Å²) in [5, 5.41) is 3.31. The van der Waals surface area contributed by atoms with Crippen LogP contribution in [0.3, 0.4) is 0 Å². The molecule has 2 heterocycles. The summed E-state index contributed by atoms with van der Waals surface area (Å²) in [6, 6.07) is -0.560. The van der Waals surface area contributed by atoms with Crippen LogP contribution in [0.15, 0.2) is 0 Å². The number of carbonyl (C=O) groups excluding carboxylic acids is 2. The van der Waals surface area contributed by atoms with Gasteiger partial charge in [-0.05, 0) is 20.8 Å². The lowest BCUT2D eigenvalue weighted by Crippen LogP contribution is -2.63. The number of urea groups is 1. The first-order valence-corrected chi connectivity index (χ1v) is 7.60. The Labute approximate surface area is 126 Å². The number of piperazine rings is 2. The molecule has 3 N–H and O–H groups in total. The summed E-state index contributed by atoms with van der Waals surface area (Å²) in [5.41, 5.74) is 5.34. The Morgan fingerprint density at radius 2 is 1.62 bits per heavy atom. The van der Waals surface area contributed by atoms with Crippen molar-refractivity contribution < 1.29 is 9.59 Å². The highest BCUT2D eigenvalue weighted by Crippen LogP contribution is 2.16. The molecule has 0 aliphatic carbocycles. The van der Waals surface area contributed by atoms with E-state index in [1.807, 2.05) is 4.90 Å². The molecule has 1 atom stereocenters. The van der Waals surface area contributed by atoms with Gasteiger partial charge in [0, 0.05) is 51.4 Å². The largest absolute Gasteiger partial charge is 0.351 e. The summed E-state index contributed by atoms with van der Waals surface area (Å²) in [4.78, 5) is 29.5. The van der Waals surface area contributed by atoms with Gasteiger partial charge in [-0.2, -0.15) is 0 Å². The molecule has 0 bridgehead atoms. The van der Waals surface area contributed by atoms with Gasteiger partial charge in [-0.15, -0.1) is 0 Å². The third-order valence-corrected chi connectivity index (χ3v) is 4.33. The predicted octanol–water partition coefficient (Wildman–Crippen LogP) is -0.718. The predicted molar refractivity (Wildman–Crippen MR) is 80.9 cm³/mol. The molecule has 2 aliphatic heterocycles. The Morgan fingerprint density at radius 3 is 2.14 bits per heavy atom. The van der Waals surface area contributed by atoms with E-state index in [2.05, 4.69) is 31.0 Å². The molecule has 1 unspecified atom stereocenters. The molecule has 2 fully saturated rings.